The molecule has 3 aromatic rings. The van der Waals surface area contributed by atoms with E-state index in [2.05, 4.69) is 46.9 Å². The largest absolute Gasteiger partial charge is 0.384 e. The number of primary amides is 1. The van der Waals surface area contributed by atoms with Crippen LogP contribution in [0.5, 0.6) is 0 Å². The first-order valence-corrected chi connectivity index (χ1v) is 21.1. The first-order chi connectivity index (χ1) is 29.5. The number of imidazole rings is 1. The van der Waals surface area contributed by atoms with Crippen molar-refractivity contribution < 1.29 is 33.6 Å². The van der Waals surface area contributed by atoms with E-state index in [1.54, 1.807) is 54.6 Å². The summed E-state index contributed by atoms with van der Waals surface area (Å²) in [6.45, 7) is 5.58. The number of nitrogens with two attached hydrogens (primary N) is 4. The van der Waals surface area contributed by atoms with Crippen LogP contribution in [-0.2, 0) is 41.6 Å². The second-order valence-electron chi connectivity index (χ2n) is 14.9. The minimum Gasteiger partial charge on any atom is -0.384 e. The average molecular weight is 878 g/mol. The van der Waals surface area contributed by atoms with Gasteiger partial charge in [0.05, 0.1) is 18.9 Å². The number of nitrogens with one attached hydrogen (secondary N) is 7. The Labute approximate surface area is 364 Å². The molecule has 2 aromatic carbocycles. The molecule has 0 bridgehead atoms. The second-order valence-corrected chi connectivity index (χ2v) is 16.0. The highest BCUT2D eigenvalue weighted by Gasteiger charge is 2.30. The zero-order chi connectivity index (χ0) is 45.6. The van der Waals surface area contributed by atoms with Crippen molar-refractivity contribution in [2.45, 2.75) is 83.1 Å². The minimum atomic E-state index is -1.17. The summed E-state index contributed by atoms with van der Waals surface area (Å²) in [5.41, 5.74) is 24.8. The number of hydrogen-bond donors (Lipinski definition) is 11. The van der Waals surface area contributed by atoms with E-state index in [-0.39, 0.29) is 49.3 Å². The van der Waals surface area contributed by atoms with Gasteiger partial charge in [-0.05, 0) is 61.9 Å². The Bertz CT molecular complexity index is 1960. The molecule has 1 heterocycles. The van der Waals surface area contributed by atoms with Crippen LogP contribution in [0, 0.1) is 5.92 Å². The van der Waals surface area contributed by atoms with Crippen LogP contribution in [0.4, 0.5) is 5.69 Å². The Morgan fingerprint density at radius 1 is 0.790 bits per heavy atom. The molecular weight excluding hydrogens is 819 g/mol. The zero-order valence-electron chi connectivity index (χ0n) is 35.1. The number of aromatic nitrogens is 2. The molecule has 0 spiro atoms. The highest BCUT2D eigenvalue weighted by molar-refractivity contribution is 8.13. The molecule has 3 rings (SSSR count). The molecule has 0 unspecified atom stereocenters. The Morgan fingerprint density at radius 3 is 2.10 bits per heavy atom. The molecule has 21 heteroatoms. The summed E-state index contributed by atoms with van der Waals surface area (Å²) in [4.78, 5) is 101. The lowest BCUT2D eigenvalue weighted by atomic mass is 10.0. The predicted molar refractivity (Wildman–Crippen MR) is 237 cm³/mol. The molecule has 0 radical (unpaired) electrons. The molecule has 336 valence electrons. The maximum absolute atomic E-state index is 13.8. The number of hydrogen-bond acceptors (Lipinski definition) is 12. The van der Waals surface area contributed by atoms with Crippen molar-refractivity contribution in [1.29, 1.82) is 0 Å². The SMILES string of the molecule is CC(C)C[C@H](NC(=O)c1ccc(NCCSC(=O)CNC(=O)[C@H](C)NC(=O)[C@H](Cc2ccccc2)NC(=O)[C@H](CCCN=C(N)N)NC(=O)[C@@H](N)Cc2cnc[nH]2)cc1)C(N)=O. The molecule has 0 aliphatic carbocycles. The van der Waals surface area contributed by atoms with Crippen molar-refractivity contribution in [2.75, 3.05) is 30.7 Å². The van der Waals surface area contributed by atoms with Crippen LogP contribution in [0.1, 0.15) is 61.6 Å². The third-order valence-electron chi connectivity index (χ3n) is 9.18. The van der Waals surface area contributed by atoms with Gasteiger partial charge in [0.2, 0.25) is 34.7 Å². The number of benzene rings is 2. The summed E-state index contributed by atoms with van der Waals surface area (Å²) in [5, 5.41) is 16.1. The smallest absolute Gasteiger partial charge is 0.251 e. The van der Waals surface area contributed by atoms with Gasteiger partial charge < -0.3 is 59.8 Å². The standard InChI is InChI=1S/C41H59N13O7S/c1-24(2)18-32(35(43)56)53-37(58)27-11-13-28(14-12-27)47-16-17-62-34(55)22-49-36(57)25(3)51-40(61)33(19-26-8-5-4-6-9-26)54-39(60)31(10-7-15-48-41(44)45)52-38(59)30(42)20-29-21-46-23-50-29/h4-6,8-9,11-14,21,23-25,30-33,47H,7,10,15-20,22,42H2,1-3H3,(H2,43,56)(H,46,50)(H,49,57)(H,51,61)(H,52,59)(H,53,58)(H,54,60)(H4,44,45,48)/t25-,30-,31-,32-,33-/m0/s1. The average Bonchev–Trinajstić information content (AvgIpc) is 3.75. The van der Waals surface area contributed by atoms with Gasteiger partial charge >= 0.3 is 0 Å². The van der Waals surface area contributed by atoms with E-state index >= 15 is 0 Å². The van der Waals surface area contributed by atoms with Crippen molar-refractivity contribution in [1.82, 2.24) is 36.6 Å². The number of carbonyl (C=O) groups excluding carboxylic acids is 7. The van der Waals surface area contributed by atoms with Gasteiger partial charge in [-0.2, -0.15) is 0 Å². The second kappa shape index (κ2) is 26.0. The number of thioether (sulfide) groups is 1. The fraction of sp³-hybridized carbons (Fsp3) is 0.439. The molecule has 5 atom stereocenters. The van der Waals surface area contributed by atoms with Crippen LogP contribution in [0.15, 0.2) is 72.1 Å². The normalized spacial score (nSPS) is 13.3. The topological polar surface area (TPSA) is 337 Å². The number of nitrogens with zero attached hydrogens (tertiary/aromatic N) is 2. The van der Waals surface area contributed by atoms with Crippen LogP contribution < -0.4 is 54.8 Å². The summed E-state index contributed by atoms with van der Waals surface area (Å²) in [5.74, 6) is -3.18. The van der Waals surface area contributed by atoms with Crippen LogP contribution in [0.2, 0.25) is 0 Å². The summed E-state index contributed by atoms with van der Waals surface area (Å²) < 4.78 is 0. The highest BCUT2D eigenvalue weighted by atomic mass is 32.2. The lowest BCUT2D eigenvalue weighted by molar-refractivity contribution is -0.134. The lowest BCUT2D eigenvalue weighted by Gasteiger charge is -2.25. The Balaban J connectivity index is 1.52. The monoisotopic (exact) mass is 877 g/mol. The Kier molecular flexibility index (Phi) is 20.9. The number of H-pyrrole nitrogens is 1. The number of guanidine groups is 1. The van der Waals surface area contributed by atoms with E-state index in [0.717, 1.165) is 11.8 Å². The number of aromatic amines is 1. The van der Waals surface area contributed by atoms with Crippen molar-refractivity contribution in [3.63, 3.8) is 0 Å². The van der Waals surface area contributed by atoms with E-state index in [0.29, 0.717) is 47.6 Å². The van der Waals surface area contributed by atoms with E-state index in [4.69, 9.17) is 22.9 Å². The van der Waals surface area contributed by atoms with E-state index in [1.165, 1.54) is 19.4 Å². The third-order valence-corrected chi connectivity index (χ3v) is 10.1. The van der Waals surface area contributed by atoms with Gasteiger partial charge in [0.1, 0.15) is 24.2 Å². The maximum Gasteiger partial charge on any atom is 0.251 e. The van der Waals surface area contributed by atoms with E-state index < -0.39 is 65.7 Å². The molecule has 20 nitrogen and oxygen atoms in total. The first-order valence-electron chi connectivity index (χ1n) is 20.1. The fourth-order valence-electron chi connectivity index (χ4n) is 5.91. The van der Waals surface area contributed by atoms with Crippen molar-refractivity contribution in [3.8, 4) is 0 Å². The first kappa shape index (κ1) is 49.9. The summed E-state index contributed by atoms with van der Waals surface area (Å²) in [6.07, 6.45) is 4.02. The maximum atomic E-state index is 13.8. The van der Waals surface area contributed by atoms with Crippen molar-refractivity contribution in [2.24, 2.45) is 33.8 Å². The quantitative estimate of drug-likeness (QED) is 0.0267. The molecule has 15 N–H and O–H groups in total. The molecule has 1 aromatic heterocycles. The van der Waals surface area contributed by atoms with Crippen LogP contribution in [0.3, 0.4) is 0 Å². The summed E-state index contributed by atoms with van der Waals surface area (Å²) >= 11 is 0.995. The number of anilines is 1. The molecule has 0 fully saturated rings. The third kappa shape index (κ3) is 18.4. The number of carbonyl (C=O) groups is 7. The molecule has 62 heavy (non-hydrogen) atoms. The lowest BCUT2D eigenvalue weighted by Crippen LogP contribution is -2.58. The van der Waals surface area contributed by atoms with Gasteiger partial charge in [-0.15, -0.1) is 0 Å². The molecule has 0 saturated heterocycles. The fourth-order valence-corrected chi connectivity index (χ4v) is 6.52. The van der Waals surface area contributed by atoms with E-state index in [1.807, 2.05) is 13.8 Å². The summed E-state index contributed by atoms with van der Waals surface area (Å²) in [7, 11) is 0. The zero-order valence-corrected chi connectivity index (χ0v) is 36.0. The van der Waals surface area contributed by atoms with Crippen LogP contribution >= 0.6 is 11.8 Å². The molecular formula is C41H59N13O7S. The molecule has 6 amide bonds. The number of aliphatic imine (C=N–C) groups is 1. The highest BCUT2D eigenvalue weighted by Crippen LogP contribution is 2.13. The van der Waals surface area contributed by atoms with Gasteiger partial charge in [0.25, 0.3) is 5.91 Å². The number of amides is 6. The minimum absolute atomic E-state index is 0.0548. The van der Waals surface area contributed by atoms with Gasteiger partial charge in [0.15, 0.2) is 5.96 Å². The summed E-state index contributed by atoms with van der Waals surface area (Å²) in [6, 6.07) is 10.4. The Hall–Kier alpha value is -6.48. The van der Waals surface area contributed by atoms with E-state index in [9.17, 15) is 33.6 Å². The number of rotatable bonds is 26. The molecule has 0 saturated carbocycles. The van der Waals surface area contributed by atoms with Crippen molar-refractivity contribution >= 4 is 64.0 Å². The van der Waals surface area contributed by atoms with Gasteiger partial charge in [-0.3, -0.25) is 38.6 Å². The van der Waals surface area contributed by atoms with Crippen LogP contribution in [-0.4, -0.2) is 112 Å². The van der Waals surface area contributed by atoms with Gasteiger partial charge in [-0.25, -0.2) is 4.98 Å². The molecule has 0 aliphatic heterocycles. The molecule has 0 aliphatic rings. The Morgan fingerprint density at radius 2 is 1.47 bits per heavy atom. The van der Waals surface area contributed by atoms with Gasteiger partial charge in [-0.1, -0.05) is 55.9 Å². The van der Waals surface area contributed by atoms with Crippen molar-refractivity contribution in [3.05, 3.63) is 83.9 Å². The predicted octanol–water partition coefficient (Wildman–Crippen LogP) is -0.832. The van der Waals surface area contributed by atoms with Crippen LogP contribution in [0.25, 0.3) is 0 Å². The van der Waals surface area contributed by atoms with Gasteiger partial charge in [0, 0.05) is 54.8 Å².